The summed E-state index contributed by atoms with van der Waals surface area (Å²) in [6.45, 7) is 4.29. The minimum atomic E-state index is -0.836. The molecule has 2 N–H and O–H groups in total. The van der Waals surface area contributed by atoms with Gasteiger partial charge in [0.05, 0.1) is 11.3 Å². The standard InChI is InChI=1S/C17H25NO2S/c1-3-12-7-5-8-13(11-12)18-14-9-6-10-15(21-4-2)16(14)17(19)20/h6,9-10,12-13,18H,3-5,7-8,11H2,1-2H3,(H,19,20). The summed E-state index contributed by atoms with van der Waals surface area (Å²) in [6, 6.07) is 6.16. The average Bonchev–Trinajstić information content (AvgIpc) is 2.47. The topological polar surface area (TPSA) is 49.3 Å². The van der Waals surface area contributed by atoms with E-state index in [1.54, 1.807) is 11.8 Å². The largest absolute Gasteiger partial charge is 0.478 e. The molecule has 0 spiro atoms. The lowest BCUT2D eigenvalue weighted by Gasteiger charge is -2.30. The fourth-order valence-electron chi connectivity index (χ4n) is 3.16. The Labute approximate surface area is 131 Å². The number of carboxylic acid groups (broad SMARTS) is 1. The van der Waals surface area contributed by atoms with Crippen LogP contribution in [0.15, 0.2) is 23.1 Å². The van der Waals surface area contributed by atoms with E-state index in [1.165, 1.54) is 19.3 Å². The van der Waals surface area contributed by atoms with Crippen LogP contribution in [0.3, 0.4) is 0 Å². The molecule has 2 unspecified atom stereocenters. The number of aromatic carboxylic acids is 1. The molecule has 0 aromatic heterocycles. The molecule has 1 fully saturated rings. The third-order valence-electron chi connectivity index (χ3n) is 4.26. The molecular weight excluding hydrogens is 282 g/mol. The summed E-state index contributed by atoms with van der Waals surface area (Å²) < 4.78 is 0. The molecule has 0 bridgehead atoms. The van der Waals surface area contributed by atoms with Crippen LogP contribution < -0.4 is 5.32 Å². The van der Waals surface area contributed by atoms with Crippen molar-refractivity contribution in [3.05, 3.63) is 23.8 Å². The molecule has 116 valence electrons. The van der Waals surface area contributed by atoms with Gasteiger partial charge in [-0.3, -0.25) is 0 Å². The van der Waals surface area contributed by atoms with E-state index in [9.17, 15) is 9.90 Å². The van der Waals surface area contributed by atoms with Gasteiger partial charge in [0.15, 0.2) is 0 Å². The fraction of sp³-hybridized carbons (Fsp3) is 0.588. The molecule has 1 aromatic rings. The first-order valence-corrected chi connectivity index (χ1v) is 8.89. The second-order valence-electron chi connectivity index (χ2n) is 5.70. The quantitative estimate of drug-likeness (QED) is 0.736. The van der Waals surface area contributed by atoms with Gasteiger partial charge in [0.25, 0.3) is 0 Å². The van der Waals surface area contributed by atoms with E-state index in [0.29, 0.717) is 11.6 Å². The molecule has 0 saturated heterocycles. The minimum Gasteiger partial charge on any atom is -0.478 e. The summed E-state index contributed by atoms with van der Waals surface area (Å²) in [5, 5.41) is 13.0. The number of nitrogens with one attached hydrogen (secondary N) is 1. The first-order valence-electron chi connectivity index (χ1n) is 7.91. The van der Waals surface area contributed by atoms with E-state index in [4.69, 9.17) is 0 Å². The Morgan fingerprint density at radius 3 is 2.86 bits per heavy atom. The highest BCUT2D eigenvalue weighted by Crippen LogP contribution is 2.32. The van der Waals surface area contributed by atoms with Crippen LogP contribution in [0.5, 0.6) is 0 Å². The second kappa shape index (κ2) is 7.74. The van der Waals surface area contributed by atoms with Crippen LogP contribution in [0.1, 0.15) is 56.3 Å². The molecule has 1 aliphatic carbocycles. The van der Waals surface area contributed by atoms with E-state index in [0.717, 1.165) is 35.1 Å². The number of carboxylic acids is 1. The van der Waals surface area contributed by atoms with Crippen LogP contribution in [-0.4, -0.2) is 22.9 Å². The fourth-order valence-corrected chi connectivity index (χ4v) is 3.99. The van der Waals surface area contributed by atoms with Gasteiger partial charge in [-0.2, -0.15) is 0 Å². The number of hydrogen-bond acceptors (Lipinski definition) is 3. The number of hydrogen-bond donors (Lipinski definition) is 2. The van der Waals surface area contributed by atoms with E-state index in [2.05, 4.69) is 12.2 Å². The maximum Gasteiger partial charge on any atom is 0.338 e. The van der Waals surface area contributed by atoms with Crippen molar-refractivity contribution >= 4 is 23.4 Å². The molecule has 3 nitrogen and oxygen atoms in total. The Bertz CT molecular complexity index is 490. The van der Waals surface area contributed by atoms with Crippen molar-refractivity contribution in [3.8, 4) is 0 Å². The lowest BCUT2D eigenvalue weighted by Crippen LogP contribution is -2.28. The first kappa shape index (κ1) is 16.2. The molecule has 1 aromatic carbocycles. The molecule has 2 atom stereocenters. The lowest BCUT2D eigenvalue weighted by molar-refractivity contribution is 0.0694. The van der Waals surface area contributed by atoms with Gasteiger partial charge in [0.1, 0.15) is 0 Å². The van der Waals surface area contributed by atoms with E-state index in [1.807, 2.05) is 25.1 Å². The van der Waals surface area contributed by atoms with Crippen molar-refractivity contribution in [1.82, 2.24) is 0 Å². The highest BCUT2D eigenvalue weighted by Gasteiger charge is 2.23. The SMILES string of the molecule is CCSc1cccc(NC2CCCC(CC)C2)c1C(=O)O. The highest BCUT2D eigenvalue weighted by atomic mass is 32.2. The predicted octanol–water partition coefficient (Wildman–Crippen LogP) is 4.88. The van der Waals surface area contributed by atoms with Crippen LogP contribution in [0, 0.1) is 5.92 Å². The van der Waals surface area contributed by atoms with Crippen molar-refractivity contribution in [2.24, 2.45) is 5.92 Å². The number of carbonyl (C=O) groups is 1. The second-order valence-corrected chi connectivity index (χ2v) is 7.00. The van der Waals surface area contributed by atoms with Crippen LogP contribution >= 0.6 is 11.8 Å². The zero-order valence-corrected chi connectivity index (χ0v) is 13.7. The van der Waals surface area contributed by atoms with Gasteiger partial charge in [-0.15, -0.1) is 11.8 Å². The van der Waals surface area contributed by atoms with Crippen molar-refractivity contribution < 1.29 is 9.90 Å². The maximum absolute atomic E-state index is 11.6. The average molecular weight is 307 g/mol. The monoisotopic (exact) mass is 307 g/mol. The van der Waals surface area contributed by atoms with E-state index in [-0.39, 0.29) is 0 Å². The Morgan fingerprint density at radius 1 is 1.38 bits per heavy atom. The number of rotatable bonds is 6. The van der Waals surface area contributed by atoms with Crippen LogP contribution in [0.2, 0.25) is 0 Å². The number of anilines is 1. The summed E-state index contributed by atoms with van der Waals surface area (Å²) >= 11 is 1.59. The maximum atomic E-state index is 11.6. The zero-order chi connectivity index (χ0) is 15.2. The third-order valence-corrected chi connectivity index (χ3v) is 5.20. The Kier molecular flexibility index (Phi) is 5.97. The highest BCUT2D eigenvalue weighted by molar-refractivity contribution is 7.99. The van der Waals surface area contributed by atoms with Gasteiger partial charge >= 0.3 is 5.97 Å². The van der Waals surface area contributed by atoms with E-state index < -0.39 is 5.97 Å². The zero-order valence-electron chi connectivity index (χ0n) is 12.9. The Balaban J connectivity index is 2.19. The van der Waals surface area contributed by atoms with Crippen LogP contribution in [0.4, 0.5) is 5.69 Å². The molecule has 4 heteroatoms. The molecule has 0 aliphatic heterocycles. The Morgan fingerprint density at radius 2 is 2.19 bits per heavy atom. The predicted molar refractivity (Wildman–Crippen MR) is 89.5 cm³/mol. The van der Waals surface area contributed by atoms with Crippen LogP contribution in [0.25, 0.3) is 0 Å². The summed E-state index contributed by atoms with van der Waals surface area (Å²) in [5.41, 5.74) is 1.21. The van der Waals surface area contributed by atoms with Crippen molar-refractivity contribution in [1.29, 1.82) is 0 Å². The minimum absolute atomic E-state index is 0.406. The summed E-state index contributed by atoms with van der Waals surface area (Å²) in [6.07, 6.45) is 6.06. The van der Waals surface area contributed by atoms with Gasteiger partial charge in [-0.25, -0.2) is 4.79 Å². The van der Waals surface area contributed by atoms with Crippen molar-refractivity contribution in [3.63, 3.8) is 0 Å². The van der Waals surface area contributed by atoms with Gasteiger partial charge in [0.2, 0.25) is 0 Å². The van der Waals surface area contributed by atoms with Gasteiger partial charge in [-0.1, -0.05) is 39.2 Å². The Hall–Kier alpha value is -1.16. The van der Waals surface area contributed by atoms with Gasteiger partial charge in [-0.05, 0) is 36.6 Å². The molecule has 0 amide bonds. The summed E-state index contributed by atoms with van der Waals surface area (Å²) in [7, 11) is 0. The summed E-state index contributed by atoms with van der Waals surface area (Å²) in [4.78, 5) is 12.5. The van der Waals surface area contributed by atoms with Gasteiger partial charge in [0, 0.05) is 10.9 Å². The molecule has 0 radical (unpaired) electrons. The smallest absolute Gasteiger partial charge is 0.338 e. The molecule has 1 aliphatic rings. The van der Waals surface area contributed by atoms with Crippen molar-refractivity contribution in [2.75, 3.05) is 11.1 Å². The molecule has 1 saturated carbocycles. The molecule has 21 heavy (non-hydrogen) atoms. The molecule has 0 heterocycles. The molecule has 2 rings (SSSR count). The number of benzene rings is 1. The first-order chi connectivity index (χ1) is 10.2. The lowest BCUT2D eigenvalue weighted by atomic mass is 9.84. The molecular formula is C17H25NO2S. The van der Waals surface area contributed by atoms with E-state index >= 15 is 0 Å². The van der Waals surface area contributed by atoms with Gasteiger partial charge < -0.3 is 10.4 Å². The summed E-state index contributed by atoms with van der Waals surface area (Å²) in [5.74, 6) is 0.820. The third kappa shape index (κ3) is 4.16. The van der Waals surface area contributed by atoms with Crippen molar-refractivity contribution in [2.45, 2.75) is 56.9 Å². The number of thioether (sulfide) groups is 1. The van der Waals surface area contributed by atoms with Crippen LogP contribution in [-0.2, 0) is 0 Å². The normalized spacial score (nSPS) is 22.0.